The molecule has 2 aromatic rings. The van der Waals surface area contributed by atoms with Crippen molar-refractivity contribution in [2.45, 2.75) is 6.92 Å². The van der Waals surface area contributed by atoms with E-state index in [2.05, 4.69) is 10.6 Å². The minimum atomic E-state index is 0.476. The molecule has 5 nitrogen and oxygen atoms in total. The van der Waals surface area contributed by atoms with Crippen LogP contribution >= 0.6 is 12.2 Å². The molecule has 0 unspecified atom stereocenters. The minimum absolute atomic E-state index is 0.476. The molecule has 23 heavy (non-hydrogen) atoms. The number of thiocarbonyl (C=S) groups is 1. The molecule has 2 aromatic carbocycles. The summed E-state index contributed by atoms with van der Waals surface area (Å²) in [7, 11) is 3.21. The van der Waals surface area contributed by atoms with Crippen LogP contribution in [0.25, 0.3) is 0 Å². The molecule has 6 heteroatoms. The van der Waals surface area contributed by atoms with Gasteiger partial charge >= 0.3 is 0 Å². The summed E-state index contributed by atoms with van der Waals surface area (Å²) in [5.41, 5.74) is 1.66. The summed E-state index contributed by atoms with van der Waals surface area (Å²) in [6.07, 6.45) is 0. The Bertz CT molecular complexity index is 637. The van der Waals surface area contributed by atoms with Gasteiger partial charge in [0, 0.05) is 29.6 Å². The molecule has 122 valence electrons. The lowest BCUT2D eigenvalue weighted by atomic mass is 10.2. The monoisotopic (exact) mass is 332 g/mol. The lowest BCUT2D eigenvalue weighted by Gasteiger charge is -2.13. The molecule has 0 fully saturated rings. The highest BCUT2D eigenvalue weighted by molar-refractivity contribution is 7.80. The molecule has 0 aromatic heterocycles. The number of hydrogen-bond acceptors (Lipinski definition) is 4. The highest BCUT2D eigenvalue weighted by Crippen LogP contribution is 2.26. The van der Waals surface area contributed by atoms with Gasteiger partial charge in [-0.15, -0.1) is 0 Å². The quantitative estimate of drug-likeness (QED) is 0.782. The molecule has 0 aliphatic carbocycles. The average Bonchev–Trinajstić information content (AvgIpc) is 2.56. The predicted molar refractivity (Wildman–Crippen MR) is 97.0 cm³/mol. The average molecular weight is 332 g/mol. The first kappa shape index (κ1) is 16.9. The van der Waals surface area contributed by atoms with E-state index < -0.39 is 0 Å². The van der Waals surface area contributed by atoms with Crippen LogP contribution in [-0.2, 0) is 0 Å². The Kier molecular flexibility index (Phi) is 6.05. The number of methoxy groups -OCH3 is 2. The molecule has 2 N–H and O–H groups in total. The van der Waals surface area contributed by atoms with Crippen molar-refractivity contribution >= 4 is 28.7 Å². The van der Waals surface area contributed by atoms with Crippen LogP contribution in [0.15, 0.2) is 42.5 Å². The van der Waals surface area contributed by atoms with Gasteiger partial charge in [0.05, 0.1) is 20.8 Å². The SMILES string of the molecule is CCOc1ccc(NC(=S)Nc2cc(OC)cc(OC)c2)cc1. The third-order valence-electron chi connectivity index (χ3n) is 3.03. The number of ether oxygens (including phenoxy) is 3. The number of benzene rings is 2. The summed E-state index contributed by atoms with van der Waals surface area (Å²) >= 11 is 5.33. The van der Waals surface area contributed by atoms with E-state index in [1.807, 2.05) is 43.3 Å². The number of nitrogens with one attached hydrogen (secondary N) is 2. The van der Waals surface area contributed by atoms with Gasteiger partial charge in [-0.1, -0.05) is 0 Å². The van der Waals surface area contributed by atoms with E-state index in [1.54, 1.807) is 20.3 Å². The van der Waals surface area contributed by atoms with Crippen LogP contribution in [-0.4, -0.2) is 25.9 Å². The van der Waals surface area contributed by atoms with E-state index >= 15 is 0 Å². The molecule has 0 amide bonds. The number of anilines is 2. The second-order valence-electron chi connectivity index (χ2n) is 4.64. The molecule has 0 bridgehead atoms. The van der Waals surface area contributed by atoms with Gasteiger partial charge in [0.2, 0.25) is 0 Å². The third-order valence-corrected chi connectivity index (χ3v) is 3.24. The Labute approximate surface area is 141 Å². The first-order chi connectivity index (χ1) is 11.1. The number of rotatable bonds is 6. The molecule has 0 aliphatic heterocycles. The lowest BCUT2D eigenvalue weighted by molar-refractivity contribution is 0.340. The number of hydrogen-bond donors (Lipinski definition) is 2. The van der Waals surface area contributed by atoms with E-state index in [1.165, 1.54) is 0 Å². The van der Waals surface area contributed by atoms with Gasteiger partial charge in [0.25, 0.3) is 0 Å². The topological polar surface area (TPSA) is 51.8 Å². The zero-order valence-corrected chi connectivity index (χ0v) is 14.2. The molecule has 0 aliphatic rings. The van der Waals surface area contributed by atoms with Crippen LogP contribution in [0.1, 0.15) is 6.92 Å². The maximum atomic E-state index is 5.41. The third kappa shape index (κ3) is 5.03. The molecule has 0 spiro atoms. The van der Waals surface area contributed by atoms with Crippen molar-refractivity contribution in [3.05, 3.63) is 42.5 Å². The molecule has 0 heterocycles. The van der Waals surface area contributed by atoms with Crippen LogP contribution in [0.5, 0.6) is 17.2 Å². The summed E-state index contributed by atoms with van der Waals surface area (Å²) in [6, 6.07) is 13.1. The molecule has 0 saturated heterocycles. The normalized spacial score (nSPS) is 9.87. The Morgan fingerprint density at radius 2 is 1.43 bits per heavy atom. The smallest absolute Gasteiger partial charge is 0.175 e. The van der Waals surface area contributed by atoms with Crippen molar-refractivity contribution in [2.75, 3.05) is 31.5 Å². The van der Waals surface area contributed by atoms with Crippen LogP contribution in [0, 0.1) is 0 Å². The van der Waals surface area contributed by atoms with Gasteiger partial charge in [-0.05, 0) is 43.4 Å². The molecule has 0 saturated carbocycles. The van der Waals surface area contributed by atoms with E-state index in [0.717, 1.165) is 17.1 Å². The van der Waals surface area contributed by atoms with Crippen molar-refractivity contribution in [3.8, 4) is 17.2 Å². The van der Waals surface area contributed by atoms with Gasteiger partial charge in [0.15, 0.2) is 5.11 Å². The van der Waals surface area contributed by atoms with Crippen molar-refractivity contribution in [3.63, 3.8) is 0 Å². The maximum Gasteiger partial charge on any atom is 0.175 e. The summed E-state index contributed by atoms with van der Waals surface area (Å²) in [4.78, 5) is 0. The first-order valence-electron chi connectivity index (χ1n) is 7.18. The summed E-state index contributed by atoms with van der Waals surface area (Å²) in [5.74, 6) is 2.21. The van der Waals surface area contributed by atoms with Gasteiger partial charge in [-0.25, -0.2) is 0 Å². The second kappa shape index (κ2) is 8.24. The molecule has 2 rings (SSSR count). The van der Waals surface area contributed by atoms with Gasteiger partial charge in [-0.2, -0.15) is 0 Å². The van der Waals surface area contributed by atoms with E-state index in [4.69, 9.17) is 26.4 Å². The van der Waals surface area contributed by atoms with Crippen molar-refractivity contribution in [1.82, 2.24) is 0 Å². The predicted octanol–water partition coefficient (Wildman–Crippen LogP) is 3.91. The molecule has 0 radical (unpaired) electrons. The summed E-state index contributed by atoms with van der Waals surface area (Å²) in [6.45, 7) is 2.60. The van der Waals surface area contributed by atoms with Crippen molar-refractivity contribution < 1.29 is 14.2 Å². The maximum absolute atomic E-state index is 5.41. The van der Waals surface area contributed by atoms with Crippen molar-refractivity contribution in [2.24, 2.45) is 0 Å². The van der Waals surface area contributed by atoms with Crippen molar-refractivity contribution in [1.29, 1.82) is 0 Å². The second-order valence-corrected chi connectivity index (χ2v) is 5.05. The van der Waals surface area contributed by atoms with Crippen LogP contribution in [0.2, 0.25) is 0 Å². The van der Waals surface area contributed by atoms with E-state index in [9.17, 15) is 0 Å². The largest absolute Gasteiger partial charge is 0.497 e. The zero-order valence-electron chi connectivity index (χ0n) is 13.4. The molecular formula is C17H20N2O3S. The first-order valence-corrected chi connectivity index (χ1v) is 7.59. The summed E-state index contributed by atoms with van der Waals surface area (Å²) < 4.78 is 15.9. The fraction of sp³-hybridized carbons (Fsp3) is 0.235. The van der Waals surface area contributed by atoms with E-state index in [0.29, 0.717) is 23.2 Å². The Morgan fingerprint density at radius 3 is 1.96 bits per heavy atom. The Balaban J connectivity index is 2.01. The van der Waals surface area contributed by atoms with Crippen LogP contribution < -0.4 is 24.8 Å². The van der Waals surface area contributed by atoms with E-state index in [-0.39, 0.29) is 0 Å². The highest BCUT2D eigenvalue weighted by atomic mass is 32.1. The lowest BCUT2D eigenvalue weighted by Crippen LogP contribution is -2.19. The van der Waals surface area contributed by atoms with Gasteiger partial charge in [0.1, 0.15) is 17.2 Å². The Morgan fingerprint density at radius 1 is 0.870 bits per heavy atom. The van der Waals surface area contributed by atoms with Gasteiger partial charge in [-0.3, -0.25) is 0 Å². The fourth-order valence-corrected chi connectivity index (χ4v) is 2.21. The van der Waals surface area contributed by atoms with Gasteiger partial charge < -0.3 is 24.8 Å². The fourth-order valence-electron chi connectivity index (χ4n) is 1.97. The van der Waals surface area contributed by atoms with Crippen LogP contribution in [0.3, 0.4) is 0 Å². The standard InChI is InChI=1S/C17H20N2O3S/c1-4-22-14-7-5-12(6-8-14)18-17(23)19-13-9-15(20-2)11-16(10-13)21-3/h5-11H,4H2,1-3H3,(H2,18,19,23). The summed E-state index contributed by atoms with van der Waals surface area (Å²) in [5, 5.41) is 6.70. The Hall–Kier alpha value is -2.47. The zero-order chi connectivity index (χ0) is 16.7. The molecular weight excluding hydrogens is 312 g/mol. The van der Waals surface area contributed by atoms with Crippen LogP contribution in [0.4, 0.5) is 11.4 Å². The highest BCUT2D eigenvalue weighted by Gasteiger charge is 2.04. The minimum Gasteiger partial charge on any atom is -0.497 e. The molecule has 0 atom stereocenters.